The van der Waals surface area contributed by atoms with Gasteiger partial charge in [-0.25, -0.2) is 4.79 Å². The van der Waals surface area contributed by atoms with Crippen molar-refractivity contribution in [3.63, 3.8) is 0 Å². The minimum atomic E-state index is -0.113. The maximum absolute atomic E-state index is 11.2. The molecule has 82 valence electrons. The molecule has 0 radical (unpaired) electrons. The lowest BCUT2D eigenvalue weighted by atomic mass is 10.1. The average Bonchev–Trinajstić information content (AvgIpc) is 2.96. The summed E-state index contributed by atoms with van der Waals surface area (Å²) in [6.45, 7) is 3.60. The van der Waals surface area contributed by atoms with Gasteiger partial charge in [-0.3, -0.25) is 0 Å². The van der Waals surface area contributed by atoms with Crippen LogP contribution in [0.4, 0.5) is 4.79 Å². The Balaban J connectivity index is 2.03. The molecule has 0 spiro atoms. The number of rotatable bonds is 6. The topological polar surface area (TPSA) is 61.4 Å². The van der Waals surface area contributed by atoms with Crippen LogP contribution >= 0.6 is 0 Å². The lowest BCUT2D eigenvalue weighted by Crippen LogP contribution is -2.39. The van der Waals surface area contributed by atoms with E-state index in [0.717, 1.165) is 32.2 Å². The van der Waals surface area contributed by atoms with Gasteiger partial charge in [-0.05, 0) is 19.3 Å². The Labute approximate surface area is 85.1 Å². The van der Waals surface area contributed by atoms with Gasteiger partial charge < -0.3 is 15.7 Å². The van der Waals surface area contributed by atoms with Crippen molar-refractivity contribution in [1.82, 2.24) is 10.6 Å². The van der Waals surface area contributed by atoms with E-state index in [4.69, 9.17) is 5.11 Å². The minimum absolute atomic E-state index is 0.00208. The summed E-state index contributed by atoms with van der Waals surface area (Å²) in [5.74, 6) is 0. The van der Waals surface area contributed by atoms with Crippen molar-refractivity contribution < 1.29 is 9.90 Å². The predicted octanol–water partition coefficient (Wildman–Crippen LogP) is 0.858. The molecule has 14 heavy (non-hydrogen) atoms. The highest BCUT2D eigenvalue weighted by Crippen LogP contribution is 2.44. The smallest absolute Gasteiger partial charge is 0.314 e. The molecule has 1 aliphatic carbocycles. The highest BCUT2D eigenvalue weighted by molar-refractivity contribution is 5.73. The van der Waals surface area contributed by atoms with Gasteiger partial charge in [0.2, 0.25) is 0 Å². The van der Waals surface area contributed by atoms with E-state index in [1.54, 1.807) is 0 Å². The van der Waals surface area contributed by atoms with Crippen LogP contribution in [-0.4, -0.2) is 30.8 Å². The molecule has 2 amide bonds. The molecular formula is C10H20N2O2. The molecule has 0 bridgehead atoms. The van der Waals surface area contributed by atoms with Crippen molar-refractivity contribution in [3.8, 4) is 0 Å². The number of hydrogen-bond donors (Lipinski definition) is 3. The van der Waals surface area contributed by atoms with Crippen molar-refractivity contribution in [1.29, 1.82) is 0 Å². The van der Waals surface area contributed by atoms with Gasteiger partial charge in [0.05, 0.1) is 6.61 Å². The third kappa shape index (κ3) is 3.54. The second-order valence-corrected chi connectivity index (χ2v) is 4.12. The molecule has 1 rings (SSSR count). The van der Waals surface area contributed by atoms with Gasteiger partial charge in [-0.2, -0.15) is 0 Å². The molecule has 4 nitrogen and oxygen atoms in total. The third-order valence-corrected chi connectivity index (χ3v) is 2.73. The first-order chi connectivity index (χ1) is 6.72. The van der Waals surface area contributed by atoms with Crippen molar-refractivity contribution in [3.05, 3.63) is 0 Å². The molecule has 1 saturated carbocycles. The molecule has 3 N–H and O–H groups in total. The van der Waals surface area contributed by atoms with Crippen LogP contribution in [0.3, 0.4) is 0 Å². The summed E-state index contributed by atoms with van der Waals surface area (Å²) in [7, 11) is 0. The van der Waals surface area contributed by atoms with E-state index in [0.29, 0.717) is 6.54 Å². The first-order valence-corrected chi connectivity index (χ1v) is 5.35. The molecule has 0 heterocycles. The fourth-order valence-electron chi connectivity index (χ4n) is 1.28. The van der Waals surface area contributed by atoms with E-state index in [-0.39, 0.29) is 18.1 Å². The number of unbranched alkanes of at least 4 members (excludes halogenated alkanes) is 1. The standard InChI is InChI=1S/C10H20N2O2/c1-2-3-6-11-9(14)12-7-10(8-13)4-5-10/h13H,2-8H2,1H3,(H2,11,12,14). The van der Waals surface area contributed by atoms with E-state index >= 15 is 0 Å². The van der Waals surface area contributed by atoms with Crippen LogP contribution in [0, 0.1) is 5.41 Å². The van der Waals surface area contributed by atoms with Gasteiger partial charge in [0, 0.05) is 18.5 Å². The summed E-state index contributed by atoms with van der Waals surface area (Å²) in [6.07, 6.45) is 4.15. The fraction of sp³-hybridized carbons (Fsp3) is 0.900. The fourth-order valence-corrected chi connectivity index (χ4v) is 1.28. The highest BCUT2D eigenvalue weighted by Gasteiger charge is 2.41. The third-order valence-electron chi connectivity index (χ3n) is 2.73. The van der Waals surface area contributed by atoms with Crippen molar-refractivity contribution in [2.45, 2.75) is 32.6 Å². The first kappa shape index (κ1) is 11.3. The molecule has 1 aliphatic rings. The van der Waals surface area contributed by atoms with Gasteiger partial charge in [-0.15, -0.1) is 0 Å². The molecule has 0 aromatic heterocycles. The van der Waals surface area contributed by atoms with Crippen LogP contribution in [0.5, 0.6) is 0 Å². The zero-order valence-corrected chi connectivity index (χ0v) is 8.81. The maximum atomic E-state index is 11.2. The Kier molecular flexibility index (Phi) is 4.20. The number of carbonyl (C=O) groups is 1. The Morgan fingerprint density at radius 1 is 1.43 bits per heavy atom. The summed E-state index contributed by atoms with van der Waals surface area (Å²) in [6, 6.07) is -0.113. The average molecular weight is 200 g/mol. The second kappa shape index (κ2) is 5.20. The SMILES string of the molecule is CCCCNC(=O)NCC1(CO)CC1. The van der Waals surface area contributed by atoms with Gasteiger partial charge in [0.1, 0.15) is 0 Å². The number of carbonyl (C=O) groups excluding carboxylic acids is 1. The summed E-state index contributed by atoms with van der Waals surface area (Å²) in [4.78, 5) is 11.2. The number of aliphatic hydroxyl groups excluding tert-OH is 1. The Morgan fingerprint density at radius 3 is 2.64 bits per heavy atom. The largest absolute Gasteiger partial charge is 0.396 e. The Morgan fingerprint density at radius 2 is 2.14 bits per heavy atom. The van der Waals surface area contributed by atoms with E-state index < -0.39 is 0 Å². The van der Waals surface area contributed by atoms with Crippen LogP contribution in [0.25, 0.3) is 0 Å². The van der Waals surface area contributed by atoms with E-state index in [1.807, 2.05) is 0 Å². The summed E-state index contributed by atoms with van der Waals surface area (Å²) in [5.41, 5.74) is 0.00208. The zero-order chi connectivity index (χ0) is 10.4. The number of hydrogen-bond acceptors (Lipinski definition) is 2. The number of aliphatic hydroxyl groups is 1. The number of urea groups is 1. The Bertz CT molecular complexity index is 191. The molecule has 1 fully saturated rings. The molecule has 0 aliphatic heterocycles. The van der Waals surface area contributed by atoms with Gasteiger partial charge >= 0.3 is 6.03 Å². The van der Waals surface area contributed by atoms with E-state index in [1.165, 1.54) is 0 Å². The zero-order valence-electron chi connectivity index (χ0n) is 8.81. The van der Waals surface area contributed by atoms with E-state index in [9.17, 15) is 4.79 Å². The van der Waals surface area contributed by atoms with Crippen molar-refractivity contribution in [2.75, 3.05) is 19.7 Å². The number of amides is 2. The molecular weight excluding hydrogens is 180 g/mol. The first-order valence-electron chi connectivity index (χ1n) is 5.35. The monoisotopic (exact) mass is 200 g/mol. The lowest BCUT2D eigenvalue weighted by molar-refractivity contribution is 0.203. The van der Waals surface area contributed by atoms with Crippen LogP contribution < -0.4 is 10.6 Å². The van der Waals surface area contributed by atoms with Crippen LogP contribution in [0.2, 0.25) is 0 Å². The summed E-state index contributed by atoms with van der Waals surface area (Å²) in [5, 5.41) is 14.6. The molecule has 0 saturated heterocycles. The van der Waals surface area contributed by atoms with Gasteiger partial charge in [0.25, 0.3) is 0 Å². The molecule has 0 aromatic carbocycles. The molecule has 0 atom stereocenters. The van der Waals surface area contributed by atoms with Gasteiger partial charge in [0.15, 0.2) is 0 Å². The minimum Gasteiger partial charge on any atom is -0.396 e. The lowest BCUT2D eigenvalue weighted by Gasteiger charge is -2.13. The predicted molar refractivity (Wildman–Crippen MR) is 55.1 cm³/mol. The maximum Gasteiger partial charge on any atom is 0.314 e. The molecule has 0 unspecified atom stereocenters. The summed E-state index contributed by atoms with van der Waals surface area (Å²) >= 11 is 0. The van der Waals surface area contributed by atoms with Gasteiger partial charge in [-0.1, -0.05) is 13.3 Å². The van der Waals surface area contributed by atoms with Crippen molar-refractivity contribution >= 4 is 6.03 Å². The Hall–Kier alpha value is -0.770. The highest BCUT2D eigenvalue weighted by atomic mass is 16.3. The van der Waals surface area contributed by atoms with Crippen LogP contribution in [0.15, 0.2) is 0 Å². The molecule has 0 aromatic rings. The number of nitrogens with one attached hydrogen (secondary N) is 2. The molecule has 4 heteroatoms. The van der Waals surface area contributed by atoms with E-state index in [2.05, 4.69) is 17.6 Å². The van der Waals surface area contributed by atoms with Crippen molar-refractivity contribution in [2.24, 2.45) is 5.41 Å². The normalized spacial score (nSPS) is 17.6. The van der Waals surface area contributed by atoms with Crippen LogP contribution in [0.1, 0.15) is 32.6 Å². The summed E-state index contributed by atoms with van der Waals surface area (Å²) < 4.78 is 0. The second-order valence-electron chi connectivity index (χ2n) is 4.12. The van der Waals surface area contributed by atoms with Crippen LogP contribution in [-0.2, 0) is 0 Å². The quantitative estimate of drug-likeness (QED) is 0.557.